The minimum absolute atomic E-state index is 0.0630. The molecule has 138 valence electrons. The standard InChI is InChI=1S/C20H29NO4/c1-17(2,3)19(24)13-20(18(4,5)6,25-16(19)23)15(22)21-12-14-10-8-7-9-11-14/h7-11,24H,12-13H2,1-6H3,(H,21,22). The predicted molar refractivity (Wildman–Crippen MR) is 95.6 cm³/mol. The van der Waals surface area contributed by atoms with E-state index in [9.17, 15) is 14.7 Å². The molecular formula is C20H29NO4. The molecule has 0 radical (unpaired) electrons. The second-order valence-electron chi connectivity index (χ2n) is 8.92. The Bertz CT molecular complexity index is 657. The summed E-state index contributed by atoms with van der Waals surface area (Å²) in [5.41, 5.74) is -3.57. The monoisotopic (exact) mass is 347 g/mol. The van der Waals surface area contributed by atoms with Crippen molar-refractivity contribution in [2.75, 3.05) is 0 Å². The van der Waals surface area contributed by atoms with Crippen LogP contribution >= 0.6 is 0 Å². The summed E-state index contributed by atoms with van der Waals surface area (Å²) in [4.78, 5) is 25.6. The molecule has 2 unspecified atom stereocenters. The van der Waals surface area contributed by atoms with Crippen LogP contribution in [0.15, 0.2) is 30.3 Å². The highest BCUT2D eigenvalue weighted by Gasteiger charge is 2.67. The van der Waals surface area contributed by atoms with Crippen LogP contribution in [-0.4, -0.2) is 28.2 Å². The van der Waals surface area contributed by atoms with Crippen LogP contribution in [-0.2, 0) is 20.9 Å². The van der Waals surface area contributed by atoms with E-state index < -0.39 is 28.0 Å². The topological polar surface area (TPSA) is 75.6 Å². The summed E-state index contributed by atoms with van der Waals surface area (Å²) in [5.74, 6) is -1.11. The highest BCUT2D eigenvalue weighted by Crippen LogP contribution is 2.51. The van der Waals surface area contributed by atoms with Gasteiger partial charge in [0.15, 0.2) is 11.2 Å². The second-order valence-corrected chi connectivity index (χ2v) is 8.92. The van der Waals surface area contributed by atoms with Crippen molar-refractivity contribution in [1.82, 2.24) is 5.32 Å². The van der Waals surface area contributed by atoms with Crippen LogP contribution in [0.4, 0.5) is 0 Å². The molecule has 1 aromatic carbocycles. The lowest BCUT2D eigenvalue weighted by atomic mass is 9.66. The van der Waals surface area contributed by atoms with Crippen molar-refractivity contribution in [2.45, 2.75) is 65.7 Å². The number of hydrogen-bond donors (Lipinski definition) is 2. The molecule has 1 amide bonds. The Kier molecular flexibility index (Phi) is 4.77. The van der Waals surface area contributed by atoms with Gasteiger partial charge in [0.25, 0.3) is 5.91 Å². The summed E-state index contributed by atoms with van der Waals surface area (Å²) in [6.07, 6.45) is -0.0630. The first-order valence-corrected chi connectivity index (χ1v) is 8.62. The first-order valence-electron chi connectivity index (χ1n) is 8.62. The molecule has 1 aliphatic heterocycles. The zero-order chi connectivity index (χ0) is 19.1. The Morgan fingerprint density at radius 1 is 1.12 bits per heavy atom. The lowest BCUT2D eigenvalue weighted by Crippen LogP contribution is -2.56. The van der Waals surface area contributed by atoms with Gasteiger partial charge in [0.05, 0.1) is 0 Å². The van der Waals surface area contributed by atoms with Gasteiger partial charge in [-0.15, -0.1) is 0 Å². The van der Waals surface area contributed by atoms with E-state index in [1.165, 1.54) is 0 Å². The van der Waals surface area contributed by atoms with Crippen LogP contribution < -0.4 is 5.32 Å². The van der Waals surface area contributed by atoms with Gasteiger partial charge in [-0.05, 0) is 5.56 Å². The highest BCUT2D eigenvalue weighted by molar-refractivity contribution is 5.95. The Morgan fingerprint density at radius 2 is 1.68 bits per heavy atom. The molecule has 2 atom stereocenters. The number of hydrogen-bond acceptors (Lipinski definition) is 4. The van der Waals surface area contributed by atoms with Crippen LogP contribution in [0.5, 0.6) is 0 Å². The van der Waals surface area contributed by atoms with Gasteiger partial charge >= 0.3 is 5.97 Å². The molecule has 0 spiro atoms. The largest absolute Gasteiger partial charge is 0.446 e. The smallest absolute Gasteiger partial charge is 0.339 e. The van der Waals surface area contributed by atoms with E-state index in [-0.39, 0.29) is 12.3 Å². The molecule has 0 bridgehead atoms. The summed E-state index contributed by atoms with van der Waals surface area (Å²) in [6.45, 7) is 11.2. The van der Waals surface area contributed by atoms with Gasteiger partial charge in [-0.25, -0.2) is 4.79 Å². The fraction of sp³-hybridized carbons (Fsp3) is 0.600. The Balaban J connectivity index is 2.31. The zero-order valence-corrected chi connectivity index (χ0v) is 16.0. The molecule has 0 saturated carbocycles. The molecule has 1 aliphatic rings. The van der Waals surface area contributed by atoms with E-state index in [1.807, 2.05) is 51.1 Å². The van der Waals surface area contributed by atoms with E-state index in [2.05, 4.69) is 5.32 Å². The molecule has 25 heavy (non-hydrogen) atoms. The quantitative estimate of drug-likeness (QED) is 0.825. The molecule has 5 heteroatoms. The van der Waals surface area contributed by atoms with E-state index in [4.69, 9.17) is 4.74 Å². The van der Waals surface area contributed by atoms with Gasteiger partial charge in [0.2, 0.25) is 0 Å². The minimum atomic E-state index is -1.70. The minimum Gasteiger partial charge on any atom is -0.446 e. The average Bonchev–Trinajstić information content (AvgIpc) is 2.79. The number of cyclic esters (lactones) is 1. The van der Waals surface area contributed by atoms with Gasteiger partial charge in [-0.1, -0.05) is 71.9 Å². The number of nitrogens with one attached hydrogen (secondary N) is 1. The summed E-state index contributed by atoms with van der Waals surface area (Å²) < 4.78 is 5.60. The lowest BCUT2D eigenvalue weighted by molar-refractivity contribution is -0.175. The van der Waals surface area contributed by atoms with Gasteiger partial charge in [-0.2, -0.15) is 0 Å². The molecular weight excluding hydrogens is 318 g/mol. The summed E-state index contributed by atoms with van der Waals surface area (Å²) in [6, 6.07) is 9.53. The molecule has 1 heterocycles. The molecule has 0 aromatic heterocycles. The predicted octanol–water partition coefficient (Wildman–Crippen LogP) is 2.81. The summed E-state index contributed by atoms with van der Waals surface area (Å²) in [7, 11) is 0. The van der Waals surface area contributed by atoms with Crippen LogP contribution in [0.2, 0.25) is 0 Å². The number of carbonyl (C=O) groups excluding carboxylic acids is 2. The molecule has 1 aromatic rings. The lowest BCUT2D eigenvalue weighted by Gasteiger charge is -2.40. The van der Waals surface area contributed by atoms with Crippen molar-refractivity contribution in [3.8, 4) is 0 Å². The Hall–Kier alpha value is -1.88. The van der Waals surface area contributed by atoms with Crippen molar-refractivity contribution in [3.63, 3.8) is 0 Å². The maximum atomic E-state index is 13.0. The van der Waals surface area contributed by atoms with Crippen molar-refractivity contribution >= 4 is 11.9 Å². The maximum Gasteiger partial charge on any atom is 0.339 e. The summed E-state index contributed by atoms with van der Waals surface area (Å²) in [5, 5.41) is 13.8. The molecule has 1 saturated heterocycles. The van der Waals surface area contributed by atoms with Gasteiger partial charge < -0.3 is 15.2 Å². The molecule has 0 aliphatic carbocycles. The Morgan fingerprint density at radius 3 is 2.12 bits per heavy atom. The van der Waals surface area contributed by atoms with E-state index in [1.54, 1.807) is 20.8 Å². The number of aliphatic hydroxyl groups is 1. The second kappa shape index (κ2) is 6.13. The van der Waals surface area contributed by atoms with Crippen LogP contribution in [0.1, 0.15) is 53.5 Å². The van der Waals surface area contributed by atoms with Crippen LogP contribution in [0, 0.1) is 10.8 Å². The maximum absolute atomic E-state index is 13.0. The average molecular weight is 347 g/mol. The summed E-state index contributed by atoms with van der Waals surface area (Å²) >= 11 is 0. The molecule has 1 fully saturated rings. The third-order valence-electron chi connectivity index (χ3n) is 5.22. The number of benzene rings is 1. The van der Waals surface area contributed by atoms with E-state index in [0.29, 0.717) is 6.54 Å². The normalized spacial score (nSPS) is 27.1. The Labute approximate surface area is 149 Å². The highest BCUT2D eigenvalue weighted by atomic mass is 16.6. The SMILES string of the molecule is CC(C)(C)C1(O)CC(C(=O)NCc2ccccc2)(C(C)(C)C)OC1=O. The van der Waals surface area contributed by atoms with Crippen molar-refractivity contribution in [3.05, 3.63) is 35.9 Å². The zero-order valence-electron chi connectivity index (χ0n) is 16.0. The number of amides is 1. The molecule has 5 nitrogen and oxygen atoms in total. The van der Waals surface area contributed by atoms with E-state index >= 15 is 0 Å². The number of esters is 1. The van der Waals surface area contributed by atoms with Crippen molar-refractivity contribution in [2.24, 2.45) is 10.8 Å². The fourth-order valence-corrected chi connectivity index (χ4v) is 3.09. The third kappa shape index (κ3) is 3.30. The van der Waals surface area contributed by atoms with Crippen LogP contribution in [0.25, 0.3) is 0 Å². The van der Waals surface area contributed by atoms with Gasteiger partial charge in [0.1, 0.15) is 0 Å². The number of ether oxygens (including phenoxy) is 1. The van der Waals surface area contributed by atoms with E-state index in [0.717, 1.165) is 5.56 Å². The molecule has 2 N–H and O–H groups in total. The van der Waals surface area contributed by atoms with Crippen LogP contribution in [0.3, 0.4) is 0 Å². The number of carbonyl (C=O) groups is 2. The van der Waals surface area contributed by atoms with Crippen molar-refractivity contribution in [1.29, 1.82) is 0 Å². The van der Waals surface area contributed by atoms with Crippen molar-refractivity contribution < 1.29 is 19.4 Å². The number of rotatable bonds is 3. The fourth-order valence-electron chi connectivity index (χ4n) is 3.09. The van der Waals surface area contributed by atoms with Gasteiger partial charge in [0, 0.05) is 23.8 Å². The van der Waals surface area contributed by atoms with Gasteiger partial charge in [-0.3, -0.25) is 4.79 Å². The third-order valence-corrected chi connectivity index (χ3v) is 5.22. The molecule has 2 rings (SSSR count). The first kappa shape index (κ1) is 19.4. The first-order chi connectivity index (χ1) is 11.3.